The lowest BCUT2D eigenvalue weighted by Gasteiger charge is -2.29. The number of nitrogens with zero attached hydrogens (tertiary/aromatic N) is 2. The second-order valence-electron chi connectivity index (χ2n) is 8.81. The summed E-state index contributed by atoms with van der Waals surface area (Å²) in [5.74, 6) is 2.25. The van der Waals surface area contributed by atoms with Crippen LogP contribution >= 0.6 is 0 Å². The third-order valence-electron chi connectivity index (χ3n) is 6.45. The van der Waals surface area contributed by atoms with Crippen molar-refractivity contribution >= 4 is 0 Å². The molecule has 4 rings (SSSR count). The third-order valence-corrected chi connectivity index (χ3v) is 6.45. The zero-order chi connectivity index (χ0) is 21.5. The molecule has 1 N–H and O–H groups in total. The largest absolute Gasteiger partial charge is 0.316 e. The molecule has 2 heterocycles. The molecular weight excluding hydrogens is 385 g/mol. The van der Waals surface area contributed by atoms with Crippen molar-refractivity contribution in [2.75, 3.05) is 13.1 Å². The molecule has 4 heteroatoms. The number of halogens is 1. The second kappa shape index (κ2) is 10.6. The minimum Gasteiger partial charge on any atom is -0.316 e. The molecule has 1 fully saturated rings. The van der Waals surface area contributed by atoms with Crippen molar-refractivity contribution in [3.05, 3.63) is 83.6 Å². The molecule has 1 aliphatic rings. The van der Waals surface area contributed by atoms with Gasteiger partial charge in [0.15, 0.2) is 0 Å². The number of aromatic nitrogens is 2. The minimum absolute atomic E-state index is 0.176. The van der Waals surface area contributed by atoms with Gasteiger partial charge in [-0.2, -0.15) is 0 Å². The molecule has 0 saturated carbocycles. The van der Waals surface area contributed by atoms with Crippen LogP contribution in [0.15, 0.2) is 60.8 Å². The molecule has 31 heavy (non-hydrogen) atoms. The summed E-state index contributed by atoms with van der Waals surface area (Å²) >= 11 is 0. The van der Waals surface area contributed by atoms with Gasteiger partial charge in [-0.05, 0) is 92.4 Å². The summed E-state index contributed by atoms with van der Waals surface area (Å²) in [6.45, 7) is 4.66. The predicted octanol–water partition coefficient (Wildman–Crippen LogP) is 5.64. The van der Waals surface area contributed by atoms with Crippen molar-refractivity contribution < 1.29 is 4.39 Å². The van der Waals surface area contributed by atoms with Gasteiger partial charge in [0.2, 0.25) is 0 Å². The standard InChI is InChI=1S/C27H32FN3/c1-20-19-29-15-13-23(20)12-11-22-5-2-8-24(17-22)26-14-16-30-27(31-26)10-4-7-21-6-3-9-25(28)18-21/h2-3,5-6,8-9,14,16-18,20,23,29H,4,7,10-13,15,19H2,1H3/t20-,23-/m1/s1. The van der Waals surface area contributed by atoms with E-state index in [1.165, 1.54) is 24.5 Å². The van der Waals surface area contributed by atoms with E-state index in [2.05, 4.69) is 41.5 Å². The molecule has 2 aromatic carbocycles. The highest BCUT2D eigenvalue weighted by molar-refractivity contribution is 5.59. The Labute approximate surface area is 185 Å². The highest BCUT2D eigenvalue weighted by Crippen LogP contribution is 2.25. The molecular formula is C27H32FN3. The van der Waals surface area contributed by atoms with E-state index < -0.39 is 0 Å². The van der Waals surface area contributed by atoms with Crippen LogP contribution in [0.5, 0.6) is 0 Å². The zero-order valence-corrected chi connectivity index (χ0v) is 18.4. The van der Waals surface area contributed by atoms with Gasteiger partial charge in [0.25, 0.3) is 0 Å². The normalized spacial score (nSPS) is 18.8. The highest BCUT2D eigenvalue weighted by Gasteiger charge is 2.20. The molecule has 1 saturated heterocycles. The number of piperidine rings is 1. The SMILES string of the molecule is C[C@@H]1CNCC[C@H]1CCc1cccc(-c2ccnc(CCCc3cccc(F)c3)n2)c1. The molecule has 1 aliphatic heterocycles. The van der Waals surface area contributed by atoms with Crippen LogP contribution in [0, 0.1) is 17.7 Å². The summed E-state index contributed by atoms with van der Waals surface area (Å²) in [5, 5.41) is 3.49. The number of hydrogen-bond donors (Lipinski definition) is 1. The fraction of sp³-hybridized carbons (Fsp3) is 0.407. The van der Waals surface area contributed by atoms with Gasteiger partial charge in [-0.3, -0.25) is 0 Å². The van der Waals surface area contributed by atoms with Crippen LogP contribution in [0.3, 0.4) is 0 Å². The van der Waals surface area contributed by atoms with E-state index in [1.54, 1.807) is 12.1 Å². The molecule has 3 aromatic rings. The first-order chi connectivity index (χ1) is 15.2. The Balaban J connectivity index is 1.36. The Bertz CT molecular complexity index is 987. The van der Waals surface area contributed by atoms with Gasteiger partial charge in [0.05, 0.1) is 5.69 Å². The van der Waals surface area contributed by atoms with Crippen molar-refractivity contribution in [3.63, 3.8) is 0 Å². The summed E-state index contributed by atoms with van der Waals surface area (Å²) in [6, 6.07) is 17.6. The van der Waals surface area contributed by atoms with Gasteiger partial charge in [-0.25, -0.2) is 14.4 Å². The first-order valence-corrected chi connectivity index (χ1v) is 11.5. The molecule has 2 atom stereocenters. The molecule has 0 amide bonds. The quantitative estimate of drug-likeness (QED) is 0.516. The van der Waals surface area contributed by atoms with Crippen LogP contribution in [0.1, 0.15) is 43.1 Å². The Hall–Kier alpha value is -2.59. The number of benzene rings is 2. The Kier molecular flexibility index (Phi) is 7.42. The van der Waals surface area contributed by atoms with E-state index >= 15 is 0 Å². The minimum atomic E-state index is -0.176. The maximum absolute atomic E-state index is 13.3. The lowest BCUT2D eigenvalue weighted by atomic mass is 9.83. The van der Waals surface area contributed by atoms with Gasteiger partial charge in [-0.1, -0.05) is 37.3 Å². The lowest BCUT2D eigenvalue weighted by Crippen LogP contribution is -2.35. The number of hydrogen-bond acceptors (Lipinski definition) is 3. The number of nitrogens with one attached hydrogen (secondary N) is 1. The molecule has 0 bridgehead atoms. The molecule has 1 aromatic heterocycles. The van der Waals surface area contributed by atoms with Crippen LogP contribution in [0.2, 0.25) is 0 Å². The van der Waals surface area contributed by atoms with E-state index in [4.69, 9.17) is 4.98 Å². The average molecular weight is 418 g/mol. The monoisotopic (exact) mass is 417 g/mol. The summed E-state index contributed by atoms with van der Waals surface area (Å²) in [4.78, 5) is 9.25. The average Bonchev–Trinajstić information content (AvgIpc) is 2.79. The first kappa shape index (κ1) is 21.6. The number of rotatable bonds is 8. The fourth-order valence-electron chi connectivity index (χ4n) is 4.56. The molecule has 162 valence electrons. The van der Waals surface area contributed by atoms with E-state index in [1.807, 2.05) is 18.3 Å². The maximum Gasteiger partial charge on any atom is 0.128 e. The van der Waals surface area contributed by atoms with Gasteiger partial charge in [0.1, 0.15) is 11.6 Å². The summed E-state index contributed by atoms with van der Waals surface area (Å²) in [5.41, 5.74) is 4.54. The van der Waals surface area contributed by atoms with Gasteiger partial charge in [-0.15, -0.1) is 0 Å². The molecule has 0 unspecified atom stereocenters. The zero-order valence-electron chi connectivity index (χ0n) is 18.4. The van der Waals surface area contributed by atoms with Crippen LogP contribution in [-0.2, 0) is 19.3 Å². The topological polar surface area (TPSA) is 37.8 Å². The first-order valence-electron chi connectivity index (χ1n) is 11.5. The van der Waals surface area contributed by atoms with E-state index in [0.29, 0.717) is 0 Å². The molecule has 0 spiro atoms. The van der Waals surface area contributed by atoms with Crippen molar-refractivity contribution in [1.82, 2.24) is 15.3 Å². The predicted molar refractivity (Wildman–Crippen MR) is 124 cm³/mol. The van der Waals surface area contributed by atoms with E-state index in [9.17, 15) is 4.39 Å². The molecule has 0 aliphatic carbocycles. The highest BCUT2D eigenvalue weighted by atomic mass is 19.1. The van der Waals surface area contributed by atoms with Gasteiger partial charge in [0, 0.05) is 18.2 Å². The summed E-state index contributed by atoms with van der Waals surface area (Å²) < 4.78 is 13.3. The van der Waals surface area contributed by atoms with Gasteiger partial charge >= 0.3 is 0 Å². The number of aryl methyl sites for hydroxylation is 3. The lowest BCUT2D eigenvalue weighted by molar-refractivity contribution is 0.259. The van der Waals surface area contributed by atoms with Crippen LogP contribution in [0.25, 0.3) is 11.3 Å². The van der Waals surface area contributed by atoms with E-state index in [-0.39, 0.29) is 5.82 Å². The summed E-state index contributed by atoms with van der Waals surface area (Å²) in [7, 11) is 0. The third kappa shape index (κ3) is 6.20. The summed E-state index contributed by atoms with van der Waals surface area (Å²) in [6.07, 6.45) is 8.03. The smallest absolute Gasteiger partial charge is 0.128 e. The molecule has 0 radical (unpaired) electrons. The van der Waals surface area contributed by atoms with Crippen molar-refractivity contribution in [1.29, 1.82) is 0 Å². The van der Waals surface area contributed by atoms with Crippen LogP contribution in [0.4, 0.5) is 4.39 Å². The van der Waals surface area contributed by atoms with Crippen molar-refractivity contribution in [3.8, 4) is 11.3 Å². The van der Waals surface area contributed by atoms with Crippen LogP contribution in [-0.4, -0.2) is 23.1 Å². The Morgan fingerprint density at radius 3 is 2.68 bits per heavy atom. The maximum atomic E-state index is 13.3. The van der Waals surface area contributed by atoms with E-state index in [0.717, 1.165) is 73.3 Å². The van der Waals surface area contributed by atoms with Gasteiger partial charge < -0.3 is 5.32 Å². The Morgan fingerprint density at radius 1 is 1.00 bits per heavy atom. The second-order valence-corrected chi connectivity index (χ2v) is 8.81. The van der Waals surface area contributed by atoms with Crippen LogP contribution < -0.4 is 5.32 Å². The molecule has 3 nitrogen and oxygen atoms in total. The van der Waals surface area contributed by atoms with Crippen molar-refractivity contribution in [2.45, 2.75) is 45.4 Å². The Morgan fingerprint density at radius 2 is 1.84 bits per heavy atom. The van der Waals surface area contributed by atoms with Crippen molar-refractivity contribution in [2.24, 2.45) is 11.8 Å². The fourth-order valence-corrected chi connectivity index (χ4v) is 4.56.